The highest BCUT2D eigenvalue weighted by Gasteiger charge is 2.10. The fraction of sp³-hybridized carbons (Fsp3) is 0.391. The number of aryl methyl sites for hydroxylation is 1. The first-order valence-corrected chi connectivity index (χ1v) is 10.8. The van der Waals surface area contributed by atoms with Crippen molar-refractivity contribution < 1.29 is 0 Å². The van der Waals surface area contributed by atoms with Gasteiger partial charge < -0.3 is 11.1 Å². The molecule has 0 radical (unpaired) electrons. The van der Waals surface area contributed by atoms with Crippen LogP contribution in [0.3, 0.4) is 0 Å². The molecule has 3 N–H and O–H groups in total. The van der Waals surface area contributed by atoms with Gasteiger partial charge in [0, 0.05) is 11.1 Å². The first kappa shape index (κ1) is 22.2. The molecule has 0 aromatic carbocycles. The Balaban J connectivity index is 0.000000292. The van der Waals surface area contributed by atoms with Crippen molar-refractivity contribution in [2.24, 2.45) is 11.7 Å². The van der Waals surface area contributed by atoms with Crippen LogP contribution in [0.4, 0.5) is 11.6 Å². The molecule has 2 aromatic rings. The number of hydrogen-bond acceptors (Lipinski definition) is 5. The van der Waals surface area contributed by atoms with E-state index in [1.165, 1.54) is 32.1 Å². The predicted molar refractivity (Wildman–Crippen MR) is 124 cm³/mol. The van der Waals surface area contributed by atoms with Crippen LogP contribution >= 0.6 is 11.8 Å². The van der Waals surface area contributed by atoms with Gasteiger partial charge in [0.2, 0.25) is 0 Å². The predicted octanol–water partition coefficient (Wildman–Crippen LogP) is 6.29. The lowest BCUT2D eigenvalue weighted by molar-refractivity contribution is 0.366. The monoisotopic (exact) mass is 396 g/mol. The van der Waals surface area contributed by atoms with Crippen molar-refractivity contribution in [3.05, 3.63) is 65.8 Å². The van der Waals surface area contributed by atoms with Gasteiger partial charge >= 0.3 is 0 Å². The number of rotatable bonds is 6. The van der Waals surface area contributed by atoms with Crippen molar-refractivity contribution in [2.45, 2.75) is 46.0 Å². The average molecular weight is 397 g/mol. The van der Waals surface area contributed by atoms with Crippen LogP contribution in [-0.2, 0) is 0 Å². The highest BCUT2D eigenvalue weighted by Crippen LogP contribution is 2.27. The summed E-state index contributed by atoms with van der Waals surface area (Å²) < 4.78 is 0. The van der Waals surface area contributed by atoms with Gasteiger partial charge in [-0.15, -0.1) is 0 Å². The maximum atomic E-state index is 5.50. The Labute approximate surface area is 173 Å². The van der Waals surface area contributed by atoms with E-state index >= 15 is 0 Å². The molecule has 0 saturated heterocycles. The number of pyridine rings is 2. The second-order valence-corrected chi connectivity index (χ2v) is 7.94. The first-order valence-electron chi connectivity index (χ1n) is 9.97. The number of allylic oxidation sites excluding steroid dienone is 1. The van der Waals surface area contributed by atoms with Crippen LogP contribution in [0, 0.1) is 12.8 Å². The van der Waals surface area contributed by atoms with Crippen molar-refractivity contribution >= 4 is 28.3 Å². The molecule has 2 aromatic heterocycles. The summed E-state index contributed by atoms with van der Waals surface area (Å²) in [5.41, 5.74) is 7.59. The third-order valence-corrected chi connectivity index (χ3v) is 5.57. The molecule has 1 aliphatic rings. The number of nitrogens with two attached hydrogens (primary N) is 1. The van der Waals surface area contributed by atoms with E-state index in [2.05, 4.69) is 21.9 Å². The minimum absolute atomic E-state index is 0.782. The smallest absolute Gasteiger partial charge is 0.132 e. The second kappa shape index (κ2) is 12.4. The molecule has 0 aliphatic heterocycles. The molecule has 5 heteroatoms. The topological polar surface area (TPSA) is 63.8 Å². The van der Waals surface area contributed by atoms with Gasteiger partial charge in [0.1, 0.15) is 11.6 Å². The Hall–Kier alpha value is -2.11. The lowest BCUT2D eigenvalue weighted by Gasteiger charge is -2.18. The molecule has 1 saturated carbocycles. The van der Waals surface area contributed by atoms with Gasteiger partial charge in [0.05, 0.1) is 5.69 Å². The molecule has 1 aliphatic carbocycles. The van der Waals surface area contributed by atoms with Gasteiger partial charge in [-0.05, 0) is 74.4 Å². The summed E-state index contributed by atoms with van der Waals surface area (Å²) in [7, 11) is 0. The average Bonchev–Trinajstić information content (AvgIpc) is 2.73. The molecular formula is C23H32N4S. The van der Waals surface area contributed by atoms with E-state index in [-0.39, 0.29) is 0 Å². The van der Waals surface area contributed by atoms with Crippen molar-refractivity contribution in [3.8, 4) is 0 Å². The normalized spacial score (nSPS) is 14.8. The van der Waals surface area contributed by atoms with E-state index in [4.69, 9.17) is 5.73 Å². The number of nitrogens with zero attached hydrogens (tertiary/aromatic N) is 2. The van der Waals surface area contributed by atoms with E-state index in [9.17, 15) is 0 Å². The second-order valence-electron chi connectivity index (χ2n) is 6.93. The van der Waals surface area contributed by atoms with E-state index in [1.54, 1.807) is 23.4 Å². The van der Waals surface area contributed by atoms with Crippen molar-refractivity contribution in [3.63, 3.8) is 0 Å². The summed E-state index contributed by atoms with van der Waals surface area (Å²) in [5.74, 6) is 2.45. The van der Waals surface area contributed by atoms with E-state index in [0.717, 1.165) is 40.3 Å². The van der Waals surface area contributed by atoms with E-state index in [1.807, 2.05) is 50.3 Å². The van der Waals surface area contributed by atoms with Crippen LogP contribution in [0.1, 0.15) is 50.3 Å². The molecule has 0 bridgehead atoms. The Morgan fingerprint density at radius 2 is 2.04 bits per heavy atom. The van der Waals surface area contributed by atoms with Gasteiger partial charge in [0.25, 0.3) is 0 Å². The van der Waals surface area contributed by atoms with Crippen LogP contribution in [0.25, 0.3) is 4.91 Å². The quantitative estimate of drug-likeness (QED) is 0.600. The molecular weight excluding hydrogens is 364 g/mol. The maximum absolute atomic E-state index is 5.50. The molecule has 3 rings (SSSR count). The molecule has 0 unspecified atom stereocenters. The Kier molecular flexibility index (Phi) is 9.80. The van der Waals surface area contributed by atoms with Crippen LogP contribution in [-0.4, -0.2) is 16.5 Å². The Bertz CT molecular complexity index is 767. The lowest BCUT2D eigenvalue weighted by atomic mass is 9.90. The summed E-state index contributed by atoms with van der Waals surface area (Å²) in [6.45, 7) is 8.69. The van der Waals surface area contributed by atoms with Crippen LogP contribution in [0.5, 0.6) is 0 Å². The maximum Gasteiger partial charge on any atom is 0.132 e. The van der Waals surface area contributed by atoms with E-state index < -0.39 is 0 Å². The molecule has 28 heavy (non-hydrogen) atoms. The zero-order valence-electron chi connectivity index (χ0n) is 17.0. The zero-order chi connectivity index (χ0) is 20.2. The van der Waals surface area contributed by atoms with Crippen LogP contribution in [0.15, 0.2) is 54.6 Å². The number of thioether (sulfide) groups is 1. The van der Waals surface area contributed by atoms with E-state index in [0.29, 0.717) is 0 Å². The number of nitrogens with one attached hydrogen (secondary N) is 1. The molecule has 4 nitrogen and oxygen atoms in total. The molecule has 1 fully saturated rings. The number of hydrogen-bond donors (Lipinski definition) is 2. The van der Waals surface area contributed by atoms with Gasteiger partial charge in [-0.2, -0.15) is 0 Å². The summed E-state index contributed by atoms with van der Waals surface area (Å²) in [6.07, 6.45) is 10.9. The Morgan fingerprint density at radius 1 is 1.25 bits per heavy atom. The standard InChI is InChI=1S/C16H17N3S.C7H15N/c1-4-14(20-5-2)13-7-6-8-15(18-13)19-16-11-12(3)9-10-17-16;8-6-7-4-2-1-3-5-7/h4-11H,2H2,1,3H3,(H,17,18,19);7H,1-6,8H2/b14-4-;. The molecule has 0 spiro atoms. The van der Waals surface area contributed by atoms with Gasteiger partial charge in [-0.1, -0.05) is 49.7 Å². The SMILES string of the molecule is C=CS/C(=C\C)c1cccc(Nc2cc(C)ccn2)n1.NCC1CCCCC1. The molecule has 0 amide bonds. The van der Waals surface area contributed by atoms with Crippen molar-refractivity contribution in [1.82, 2.24) is 9.97 Å². The van der Waals surface area contributed by atoms with Crippen LogP contribution in [0.2, 0.25) is 0 Å². The third-order valence-electron chi connectivity index (χ3n) is 4.70. The van der Waals surface area contributed by atoms with Gasteiger partial charge in [0.15, 0.2) is 0 Å². The minimum Gasteiger partial charge on any atom is -0.330 e. The fourth-order valence-electron chi connectivity index (χ4n) is 3.17. The zero-order valence-corrected chi connectivity index (χ0v) is 17.8. The molecule has 150 valence electrons. The highest BCUT2D eigenvalue weighted by molar-refractivity contribution is 8.10. The number of aromatic nitrogens is 2. The molecule has 2 heterocycles. The summed E-state index contributed by atoms with van der Waals surface area (Å²) in [5, 5.41) is 5.03. The summed E-state index contributed by atoms with van der Waals surface area (Å²) in [6, 6.07) is 9.85. The van der Waals surface area contributed by atoms with Gasteiger partial charge in [-0.3, -0.25) is 0 Å². The fourth-order valence-corrected chi connectivity index (χ4v) is 3.72. The lowest BCUT2D eigenvalue weighted by Crippen LogP contribution is -2.16. The Morgan fingerprint density at radius 3 is 2.64 bits per heavy atom. The highest BCUT2D eigenvalue weighted by atomic mass is 32.2. The minimum atomic E-state index is 0.782. The number of anilines is 2. The van der Waals surface area contributed by atoms with Crippen molar-refractivity contribution in [1.29, 1.82) is 0 Å². The van der Waals surface area contributed by atoms with Crippen LogP contribution < -0.4 is 11.1 Å². The third kappa shape index (κ3) is 7.49. The summed E-state index contributed by atoms with van der Waals surface area (Å²) >= 11 is 1.57. The van der Waals surface area contributed by atoms with Gasteiger partial charge in [-0.25, -0.2) is 9.97 Å². The van der Waals surface area contributed by atoms with Crippen molar-refractivity contribution in [2.75, 3.05) is 11.9 Å². The largest absolute Gasteiger partial charge is 0.330 e. The molecule has 0 atom stereocenters. The first-order chi connectivity index (χ1) is 13.7. The summed E-state index contributed by atoms with van der Waals surface area (Å²) in [4.78, 5) is 9.96.